The molecule has 0 saturated heterocycles. The minimum absolute atomic E-state index is 0.141. The van der Waals surface area contributed by atoms with Gasteiger partial charge in [0.25, 0.3) is 5.69 Å². The minimum Gasteiger partial charge on any atom is -0.495 e. The van der Waals surface area contributed by atoms with E-state index in [0.717, 1.165) is 21.5 Å². The fraction of sp³-hybridized carbons (Fsp3) is 0.200. The summed E-state index contributed by atoms with van der Waals surface area (Å²) in [5.74, 6) is 0.732. The number of nitrogens with one attached hydrogen (secondary N) is 1. The van der Waals surface area contributed by atoms with E-state index in [4.69, 9.17) is 4.74 Å². The van der Waals surface area contributed by atoms with Crippen molar-refractivity contribution in [3.05, 3.63) is 62.1 Å². The Morgan fingerprint density at radius 2 is 2.10 bits per heavy atom. The number of benzene rings is 2. The van der Waals surface area contributed by atoms with Crippen LogP contribution in [-0.4, -0.2) is 12.0 Å². The van der Waals surface area contributed by atoms with Gasteiger partial charge in [0.05, 0.1) is 16.5 Å². The van der Waals surface area contributed by atoms with Gasteiger partial charge in [-0.2, -0.15) is 0 Å². The van der Waals surface area contributed by atoms with E-state index in [2.05, 4.69) is 21.2 Å². The fourth-order valence-electron chi connectivity index (χ4n) is 2.03. The van der Waals surface area contributed by atoms with Gasteiger partial charge in [-0.15, -0.1) is 0 Å². The van der Waals surface area contributed by atoms with E-state index in [9.17, 15) is 10.1 Å². The first-order chi connectivity index (χ1) is 10.0. The Kier molecular flexibility index (Phi) is 4.80. The lowest BCUT2D eigenvalue weighted by Gasteiger charge is -2.11. The van der Waals surface area contributed by atoms with E-state index in [0.29, 0.717) is 12.1 Å². The molecule has 0 atom stereocenters. The summed E-state index contributed by atoms with van der Waals surface area (Å²) in [4.78, 5) is 10.6. The topological polar surface area (TPSA) is 64.4 Å². The van der Waals surface area contributed by atoms with Gasteiger partial charge in [-0.25, -0.2) is 0 Å². The number of nitro groups is 1. The quantitative estimate of drug-likeness (QED) is 0.645. The Bertz CT molecular complexity index is 674. The third-order valence-corrected chi connectivity index (χ3v) is 3.90. The number of ether oxygens (including phenoxy) is 1. The lowest BCUT2D eigenvalue weighted by molar-refractivity contribution is -0.385. The molecule has 0 aromatic heterocycles. The lowest BCUT2D eigenvalue weighted by Crippen LogP contribution is -2.03. The summed E-state index contributed by atoms with van der Waals surface area (Å²) in [6.45, 7) is 2.27. The number of hydrogen-bond acceptors (Lipinski definition) is 4. The van der Waals surface area contributed by atoms with Crippen molar-refractivity contribution in [3.63, 3.8) is 0 Å². The van der Waals surface area contributed by atoms with Crippen LogP contribution in [0.15, 0.2) is 40.9 Å². The lowest BCUT2D eigenvalue weighted by atomic mass is 10.1. The molecule has 0 aliphatic heterocycles. The molecule has 6 heteroatoms. The number of hydrogen-bond donors (Lipinski definition) is 1. The molecule has 2 rings (SSSR count). The maximum Gasteiger partial charge on any atom is 0.272 e. The average molecular weight is 351 g/mol. The second kappa shape index (κ2) is 6.58. The Morgan fingerprint density at radius 3 is 2.76 bits per heavy atom. The summed E-state index contributed by atoms with van der Waals surface area (Å²) in [6, 6.07) is 10.8. The highest BCUT2D eigenvalue weighted by Crippen LogP contribution is 2.28. The van der Waals surface area contributed by atoms with E-state index in [1.807, 2.05) is 24.3 Å². The monoisotopic (exact) mass is 350 g/mol. The highest BCUT2D eigenvalue weighted by Gasteiger charge is 2.12. The summed E-state index contributed by atoms with van der Waals surface area (Å²) < 4.78 is 6.11. The molecular formula is C15H15BrN2O3. The van der Waals surface area contributed by atoms with Crippen molar-refractivity contribution in [2.75, 3.05) is 12.4 Å². The Hall–Kier alpha value is -2.08. The maximum atomic E-state index is 10.9. The second-order valence-corrected chi connectivity index (χ2v) is 5.38. The zero-order chi connectivity index (χ0) is 15.4. The Morgan fingerprint density at radius 1 is 1.33 bits per heavy atom. The van der Waals surface area contributed by atoms with Gasteiger partial charge in [-0.05, 0) is 40.5 Å². The van der Waals surface area contributed by atoms with Gasteiger partial charge in [0.1, 0.15) is 5.75 Å². The normalized spacial score (nSPS) is 10.2. The molecular weight excluding hydrogens is 336 g/mol. The summed E-state index contributed by atoms with van der Waals surface area (Å²) in [5, 5.41) is 14.2. The third-order valence-electron chi connectivity index (χ3n) is 3.25. The van der Waals surface area contributed by atoms with Crippen LogP contribution >= 0.6 is 15.9 Å². The smallest absolute Gasteiger partial charge is 0.272 e. The number of nitro benzene ring substituents is 1. The van der Waals surface area contributed by atoms with Crippen LogP contribution in [0.3, 0.4) is 0 Å². The summed E-state index contributed by atoms with van der Waals surface area (Å²) in [5.41, 5.74) is 2.61. The van der Waals surface area contributed by atoms with E-state index in [1.54, 1.807) is 20.1 Å². The highest BCUT2D eigenvalue weighted by atomic mass is 79.9. The molecule has 110 valence electrons. The molecule has 0 aliphatic rings. The van der Waals surface area contributed by atoms with Crippen molar-refractivity contribution >= 4 is 27.3 Å². The van der Waals surface area contributed by atoms with Crippen molar-refractivity contribution in [1.29, 1.82) is 0 Å². The third kappa shape index (κ3) is 3.52. The van der Waals surface area contributed by atoms with Crippen LogP contribution in [0.5, 0.6) is 5.75 Å². The standard InChI is InChI=1S/C15H15BrN2O3/c1-10-11(4-3-5-14(10)18(19)20)9-17-12-6-7-13(16)15(8-12)21-2/h3-8,17H,9H2,1-2H3. The first-order valence-corrected chi connectivity index (χ1v) is 7.12. The van der Waals surface area contributed by atoms with Crippen LogP contribution < -0.4 is 10.1 Å². The fourth-order valence-corrected chi connectivity index (χ4v) is 2.43. The molecule has 21 heavy (non-hydrogen) atoms. The molecule has 0 fully saturated rings. The number of rotatable bonds is 5. The first-order valence-electron chi connectivity index (χ1n) is 6.33. The molecule has 0 spiro atoms. The van der Waals surface area contributed by atoms with Crippen LogP contribution in [0, 0.1) is 17.0 Å². The molecule has 0 radical (unpaired) electrons. The molecule has 0 amide bonds. The molecule has 0 unspecified atom stereocenters. The van der Waals surface area contributed by atoms with Gasteiger partial charge in [0.2, 0.25) is 0 Å². The molecule has 0 heterocycles. The first kappa shape index (κ1) is 15.3. The highest BCUT2D eigenvalue weighted by molar-refractivity contribution is 9.10. The average Bonchev–Trinajstić information content (AvgIpc) is 2.47. The van der Waals surface area contributed by atoms with Crippen molar-refractivity contribution < 1.29 is 9.66 Å². The van der Waals surface area contributed by atoms with Crippen LogP contribution in [0.4, 0.5) is 11.4 Å². The van der Waals surface area contributed by atoms with Gasteiger partial charge < -0.3 is 10.1 Å². The number of anilines is 1. The van der Waals surface area contributed by atoms with Crippen LogP contribution in [-0.2, 0) is 6.54 Å². The van der Waals surface area contributed by atoms with Crippen LogP contribution in [0.25, 0.3) is 0 Å². The number of methoxy groups -OCH3 is 1. The van der Waals surface area contributed by atoms with Gasteiger partial charge >= 0.3 is 0 Å². The van der Waals surface area contributed by atoms with E-state index in [1.165, 1.54) is 6.07 Å². The van der Waals surface area contributed by atoms with Gasteiger partial charge in [0, 0.05) is 29.9 Å². The number of halogens is 1. The molecule has 2 aromatic carbocycles. The predicted molar refractivity (Wildman–Crippen MR) is 85.9 cm³/mol. The van der Waals surface area contributed by atoms with Crippen molar-refractivity contribution in [3.8, 4) is 5.75 Å². The van der Waals surface area contributed by atoms with Gasteiger partial charge in [0.15, 0.2) is 0 Å². The molecule has 0 aliphatic carbocycles. The van der Waals surface area contributed by atoms with E-state index < -0.39 is 0 Å². The second-order valence-electron chi connectivity index (χ2n) is 4.52. The van der Waals surface area contributed by atoms with Crippen LogP contribution in [0.1, 0.15) is 11.1 Å². The van der Waals surface area contributed by atoms with Crippen molar-refractivity contribution in [2.45, 2.75) is 13.5 Å². The Balaban J connectivity index is 2.17. The van der Waals surface area contributed by atoms with Crippen molar-refractivity contribution in [1.82, 2.24) is 0 Å². The molecule has 0 bridgehead atoms. The van der Waals surface area contributed by atoms with E-state index >= 15 is 0 Å². The molecule has 2 aromatic rings. The summed E-state index contributed by atoms with van der Waals surface area (Å²) in [7, 11) is 1.61. The van der Waals surface area contributed by atoms with Gasteiger partial charge in [-0.1, -0.05) is 12.1 Å². The summed E-state index contributed by atoms with van der Waals surface area (Å²) in [6.07, 6.45) is 0. The largest absolute Gasteiger partial charge is 0.495 e. The molecule has 1 N–H and O–H groups in total. The Labute approximate surface area is 131 Å². The minimum atomic E-state index is -0.360. The number of nitrogens with zero attached hydrogens (tertiary/aromatic N) is 1. The maximum absolute atomic E-state index is 10.9. The zero-order valence-electron chi connectivity index (χ0n) is 11.7. The van der Waals surface area contributed by atoms with Crippen LogP contribution in [0.2, 0.25) is 0 Å². The zero-order valence-corrected chi connectivity index (χ0v) is 13.3. The van der Waals surface area contributed by atoms with E-state index in [-0.39, 0.29) is 10.6 Å². The van der Waals surface area contributed by atoms with Crippen molar-refractivity contribution in [2.24, 2.45) is 0 Å². The predicted octanol–water partition coefficient (Wildman–Crippen LogP) is 4.29. The van der Waals surface area contributed by atoms with Gasteiger partial charge in [-0.3, -0.25) is 10.1 Å². The molecule has 5 nitrogen and oxygen atoms in total. The molecule has 0 saturated carbocycles. The summed E-state index contributed by atoms with van der Waals surface area (Å²) >= 11 is 3.40. The SMILES string of the molecule is COc1cc(NCc2cccc([N+](=O)[O-])c2C)ccc1Br.